The first kappa shape index (κ1) is 9.48. The zero-order chi connectivity index (χ0) is 8.97. The van der Waals surface area contributed by atoms with E-state index in [2.05, 4.69) is 5.32 Å². The Hall–Kier alpha value is -0.610. The molecule has 1 N–H and O–H groups in total. The highest BCUT2D eigenvalue weighted by atomic mass is 16.3. The van der Waals surface area contributed by atoms with E-state index in [0.717, 1.165) is 0 Å². The maximum atomic E-state index is 11.4. The van der Waals surface area contributed by atoms with Crippen molar-refractivity contribution in [2.45, 2.75) is 19.4 Å². The number of aliphatic hydroxyl groups excluding tert-OH is 1. The zero-order valence-corrected chi connectivity index (χ0v) is 7.36. The number of aliphatic hydroxyl groups is 1. The average Bonchev–Trinajstić information content (AvgIpc) is 2.17. The van der Waals surface area contributed by atoms with Crippen molar-refractivity contribution in [3.63, 3.8) is 0 Å². The summed E-state index contributed by atoms with van der Waals surface area (Å²) in [4.78, 5) is 13.0. The Balaban J connectivity index is 2.39. The third-order valence-corrected chi connectivity index (χ3v) is 2.04. The molecule has 0 aliphatic carbocycles. The summed E-state index contributed by atoms with van der Waals surface area (Å²) >= 11 is 0. The fourth-order valence-corrected chi connectivity index (χ4v) is 1.21. The van der Waals surface area contributed by atoms with Crippen LogP contribution in [0.3, 0.4) is 0 Å². The Morgan fingerprint density at radius 3 is 2.67 bits per heavy atom. The molecule has 0 spiro atoms. The van der Waals surface area contributed by atoms with Crippen LogP contribution in [0, 0.1) is 0 Å². The number of hydrogen-bond acceptors (Lipinski definition) is 2. The molecule has 1 aliphatic rings. The minimum atomic E-state index is -0.817. The first-order chi connectivity index (χ1) is 5.75. The van der Waals surface area contributed by atoms with E-state index in [1.165, 1.54) is 0 Å². The van der Waals surface area contributed by atoms with E-state index in [9.17, 15) is 9.90 Å². The van der Waals surface area contributed by atoms with Crippen molar-refractivity contribution in [1.29, 1.82) is 0 Å². The molecule has 0 saturated carbocycles. The molecule has 0 unspecified atom stereocenters. The summed E-state index contributed by atoms with van der Waals surface area (Å²) in [5.41, 5.74) is 0. The quantitative estimate of drug-likeness (QED) is 0.591. The van der Waals surface area contributed by atoms with Crippen LogP contribution in [0.15, 0.2) is 0 Å². The van der Waals surface area contributed by atoms with Gasteiger partial charge in [-0.1, -0.05) is 6.92 Å². The number of carbonyl (C=O) groups excluding carboxylic acids is 1. The number of amides is 1. The lowest BCUT2D eigenvalue weighted by Crippen LogP contribution is -2.47. The highest BCUT2D eigenvalue weighted by Crippen LogP contribution is 2.00. The van der Waals surface area contributed by atoms with E-state index in [1.807, 2.05) is 0 Å². The molecule has 0 aromatic rings. The van der Waals surface area contributed by atoms with Gasteiger partial charge in [0.15, 0.2) is 0 Å². The van der Waals surface area contributed by atoms with Gasteiger partial charge in [0.25, 0.3) is 5.91 Å². The van der Waals surface area contributed by atoms with Crippen LogP contribution in [0.2, 0.25) is 0 Å². The Labute approximate surface area is 72.6 Å². The molecule has 1 atom stereocenters. The normalized spacial score (nSPS) is 20.7. The summed E-state index contributed by atoms with van der Waals surface area (Å²) in [6.07, 6.45) is -0.324. The number of hydrogen-bond donors (Lipinski definition) is 1. The van der Waals surface area contributed by atoms with Gasteiger partial charge in [-0.15, -0.1) is 0 Å². The van der Waals surface area contributed by atoms with Crippen LogP contribution in [-0.2, 0) is 4.79 Å². The minimum Gasteiger partial charge on any atom is -0.383 e. The predicted octanol–water partition coefficient (Wildman–Crippen LogP) is -0.796. The maximum absolute atomic E-state index is 11.4. The first-order valence-electron chi connectivity index (χ1n) is 4.35. The molecule has 0 bridgehead atoms. The highest BCUT2D eigenvalue weighted by molar-refractivity contribution is 5.80. The molecule has 1 heterocycles. The smallest absolute Gasteiger partial charge is 0.251 e. The Morgan fingerprint density at radius 2 is 2.17 bits per heavy atom. The lowest BCUT2D eigenvalue weighted by Gasteiger charge is -2.28. The van der Waals surface area contributed by atoms with Gasteiger partial charge in [0.1, 0.15) is 6.10 Å². The van der Waals surface area contributed by atoms with Crippen molar-refractivity contribution < 1.29 is 9.90 Å². The SMILES string of the molecule is CC[C@@H](O)C(=O)N1CC[N]CC1. The van der Waals surface area contributed by atoms with Crippen LogP contribution in [-0.4, -0.2) is 48.2 Å². The van der Waals surface area contributed by atoms with E-state index in [1.54, 1.807) is 11.8 Å². The second kappa shape index (κ2) is 4.42. The molecule has 1 radical (unpaired) electrons. The van der Waals surface area contributed by atoms with Crippen molar-refractivity contribution in [1.82, 2.24) is 10.2 Å². The maximum Gasteiger partial charge on any atom is 0.251 e. The minimum absolute atomic E-state index is 0.146. The molecular weight excluding hydrogens is 156 g/mol. The summed E-state index contributed by atoms with van der Waals surface area (Å²) in [6.45, 7) is 4.55. The zero-order valence-electron chi connectivity index (χ0n) is 7.36. The van der Waals surface area contributed by atoms with Gasteiger partial charge >= 0.3 is 0 Å². The summed E-state index contributed by atoms with van der Waals surface area (Å²) in [5.74, 6) is -0.146. The van der Waals surface area contributed by atoms with Gasteiger partial charge in [0.2, 0.25) is 0 Å². The fraction of sp³-hybridized carbons (Fsp3) is 0.875. The molecule has 4 nitrogen and oxygen atoms in total. The van der Waals surface area contributed by atoms with Crippen molar-refractivity contribution in [3.05, 3.63) is 0 Å². The second-order valence-corrected chi connectivity index (χ2v) is 2.92. The molecule has 4 heteroatoms. The van der Waals surface area contributed by atoms with Gasteiger partial charge in [-0.3, -0.25) is 4.79 Å². The molecule has 69 valence electrons. The Bertz CT molecular complexity index is 155. The highest BCUT2D eigenvalue weighted by Gasteiger charge is 2.21. The topological polar surface area (TPSA) is 54.6 Å². The van der Waals surface area contributed by atoms with Crippen molar-refractivity contribution in [2.75, 3.05) is 26.2 Å². The van der Waals surface area contributed by atoms with Crippen LogP contribution in [0.5, 0.6) is 0 Å². The van der Waals surface area contributed by atoms with Crippen LogP contribution in [0.25, 0.3) is 0 Å². The van der Waals surface area contributed by atoms with Crippen LogP contribution >= 0.6 is 0 Å². The molecular formula is C8H15N2O2. The van der Waals surface area contributed by atoms with Crippen LogP contribution in [0.4, 0.5) is 0 Å². The molecule has 1 aliphatic heterocycles. The third-order valence-electron chi connectivity index (χ3n) is 2.04. The van der Waals surface area contributed by atoms with Crippen LogP contribution < -0.4 is 5.32 Å². The predicted molar refractivity (Wildman–Crippen MR) is 44.7 cm³/mol. The van der Waals surface area contributed by atoms with Gasteiger partial charge in [-0.05, 0) is 6.42 Å². The molecule has 1 amide bonds. The number of piperazine rings is 1. The average molecular weight is 171 g/mol. The lowest BCUT2D eigenvalue weighted by molar-refractivity contribution is -0.140. The van der Waals surface area contributed by atoms with Gasteiger partial charge in [0.05, 0.1) is 0 Å². The number of rotatable bonds is 2. The monoisotopic (exact) mass is 171 g/mol. The Morgan fingerprint density at radius 1 is 1.58 bits per heavy atom. The molecule has 0 aromatic heterocycles. The number of nitrogens with zero attached hydrogens (tertiary/aromatic N) is 2. The van der Waals surface area contributed by atoms with E-state index in [4.69, 9.17) is 0 Å². The van der Waals surface area contributed by atoms with E-state index >= 15 is 0 Å². The molecule has 0 aromatic carbocycles. The van der Waals surface area contributed by atoms with Crippen LogP contribution in [0.1, 0.15) is 13.3 Å². The van der Waals surface area contributed by atoms with Crippen molar-refractivity contribution in [3.8, 4) is 0 Å². The standard InChI is InChI=1S/C8H15N2O2/c1-2-7(11)8(12)10-5-3-9-4-6-10/h7,11H,2-6H2,1H3/t7-/m1/s1. The lowest BCUT2D eigenvalue weighted by atomic mass is 10.2. The molecule has 1 fully saturated rings. The molecule has 1 rings (SSSR count). The van der Waals surface area contributed by atoms with Crippen molar-refractivity contribution in [2.24, 2.45) is 0 Å². The fourth-order valence-electron chi connectivity index (χ4n) is 1.21. The van der Waals surface area contributed by atoms with Gasteiger partial charge < -0.3 is 10.0 Å². The summed E-state index contributed by atoms with van der Waals surface area (Å²) in [5, 5.41) is 13.4. The van der Waals surface area contributed by atoms with Gasteiger partial charge in [0, 0.05) is 26.2 Å². The van der Waals surface area contributed by atoms with E-state index in [0.29, 0.717) is 32.6 Å². The first-order valence-corrected chi connectivity index (χ1v) is 4.35. The summed E-state index contributed by atoms with van der Waals surface area (Å²) in [7, 11) is 0. The largest absolute Gasteiger partial charge is 0.383 e. The second-order valence-electron chi connectivity index (χ2n) is 2.92. The van der Waals surface area contributed by atoms with E-state index < -0.39 is 6.10 Å². The molecule has 1 saturated heterocycles. The number of carbonyl (C=O) groups is 1. The Kier molecular flexibility index (Phi) is 3.49. The van der Waals surface area contributed by atoms with E-state index in [-0.39, 0.29) is 5.91 Å². The summed E-state index contributed by atoms with van der Waals surface area (Å²) < 4.78 is 0. The van der Waals surface area contributed by atoms with Gasteiger partial charge in [-0.25, -0.2) is 5.32 Å². The molecule has 12 heavy (non-hydrogen) atoms. The van der Waals surface area contributed by atoms with Crippen molar-refractivity contribution >= 4 is 5.91 Å². The van der Waals surface area contributed by atoms with Gasteiger partial charge in [-0.2, -0.15) is 0 Å². The summed E-state index contributed by atoms with van der Waals surface area (Å²) in [6, 6.07) is 0. The third kappa shape index (κ3) is 2.19.